The highest BCUT2D eigenvalue weighted by Crippen LogP contribution is 2.33. The van der Waals surface area contributed by atoms with Crippen LogP contribution < -0.4 is 14.9 Å². The summed E-state index contributed by atoms with van der Waals surface area (Å²) in [5, 5.41) is 10.8. The van der Waals surface area contributed by atoms with Crippen LogP contribution in [0.4, 0.5) is 4.39 Å². The molecule has 1 N–H and O–H groups in total. The molecule has 2 aromatic carbocycles. The molecular formula is C23H17BrClFN2O4S. The van der Waals surface area contributed by atoms with Crippen LogP contribution in [-0.4, -0.2) is 22.2 Å². The van der Waals surface area contributed by atoms with Crippen LogP contribution in [0, 0.1) is 5.82 Å². The summed E-state index contributed by atoms with van der Waals surface area (Å²) < 4.78 is 20.9. The minimum Gasteiger partial charge on any atom is -0.506 e. The number of carbonyl (C=O) groups excluding carboxylic acids is 1. The lowest BCUT2D eigenvalue weighted by Crippen LogP contribution is -2.39. The Bertz CT molecular complexity index is 1480. The van der Waals surface area contributed by atoms with E-state index < -0.39 is 23.4 Å². The van der Waals surface area contributed by atoms with Crippen LogP contribution in [0.2, 0.25) is 5.02 Å². The Morgan fingerprint density at radius 3 is 2.73 bits per heavy atom. The van der Waals surface area contributed by atoms with Gasteiger partial charge >= 0.3 is 5.97 Å². The average molecular weight is 552 g/mol. The van der Waals surface area contributed by atoms with Crippen LogP contribution in [0.15, 0.2) is 61.9 Å². The predicted octanol–water partition coefficient (Wildman–Crippen LogP) is 4.06. The zero-order chi connectivity index (χ0) is 23.9. The third-order valence-electron chi connectivity index (χ3n) is 5.05. The van der Waals surface area contributed by atoms with Gasteiger partial charge in [0, 0.05) is 10.6 Å². The average Bonchev–Trinajstić information content (AvgIpc) is 3.06. The van der Waals surface area contributed by atoms with Crippen molar-refractivity contribution in [3.63, 3.8) is 0 Å². The minimum absolute atomic E-state index is 0.0660. The molecule has 0 amide bonds. The number of aromatic nitrogens is 1. The quantitative estimate of drug-likeness (QED) is 0.496. The maximum absolute atomic E-state index is 13.6. The van der Waals surface area contributed by atoms with E-state index in [4.69, 9.17) is 16.3 Å². The third-order valence-corrected chi connectivity index (χ3v) is 6.85. The Morgan fingerprint density at radius 2 is 2.06 bits per heavy atom. The van der Waals surface area contributed by atoms with Gasteiger partial charge in [-0.2, -0.15) is 0 Å². The van der Waals surface area contributed by atoms with Crippen molar-refractivity contribution in [3.05, 3.63) is 93.8 Å². The molecule has 1 aliphatic rings. The van der Waals surface area contributed by atoms with Gasteiger partial charge in [0.15, 0.2) is 4.80 Å². The molecule has 0 saturated carbocycles. The molecule has 0 spiro atoms. The molecule has 1 atom stereocenters. The van der Waals surface area contributed by atoms with E-state index in [1.807, 2.05) is 0 Å². The topological polar surface area (TPSA) is 80.9 Å². The molecule has 1 aromatic heterocycles. The fraction of sp³-hybridized carbons (Fsp3) is 0.174. The Labute approximate surface area is 205 Å². The number of benzene rings is 2. The third kappa shape index (κ3) is 4.40. The van der Waals surface area contributed by atoms with Crippen molar-refractivity contribution in [2.45, 2.75) is 19.9 Å². The van der Waals surface area contributed by atoms with Gasteiger partial charge in [-0.15, -0.1) is 0 Å². The van der Waals surface area contributed by atoms with Gasteiger partial charge in [-0.25, -0.2) is 14.2 Å². The molecule has 3 aromatic rings. The summed E-state index contributed by atoms with van der Waals surface area (Å²) in [4.78, 5) is 31.1. The van der Waals surface area contributed by atoms with E-state index in [0.717, 1.165) is 11.3 Å². The van der Waals surface area contributed by atoms with Gasteiger partial charge in [-0.3, -0.25) is 9.36 Å². The number of hydrogen-bond donors (Lipinski definition) is 1. The highest BCUT2D eigenvalue weighted by atomic mass is 79.9. The van der Waals surface area contributed by atoms with Gasteiger partial charge in [-0.1, -0.05) is 35.1 Å². The molecule has 0 radical (unpaired) electrons. The van der Waals surface area contributed by atoms with E-state index in [0.29, 0.717) is 31.1 Å². The molecule has 170 valence electrons. The van der Waals surface area contributed by atoms with Crippen molar-refractivity contribution in [2.24, 2.45) is 4.99 Å². The highest BCUT2D eigenvalue weighted by molar-refractivity contribution is 9.10. The lowest BCUT2D eigenvalue weighted by molar-refractivity contribution is -0.139. The molecule has 6 nitrogen and oxygen atoms in total. The Morgan fingerprint density at radius 1 is 1.36 bits per heavy atom. The van der Waals surface area contributed by atoms with Crippen LogP contribution in [0.1, 0.15) is 31.0 Å². The maximum atomic E-state index is 13.6. The first-order chi connectivity index (χ1) is 15.7. The predicted molar refractivity (Wildman–Crippen MR) is 128 cm³/mol. The van der Waals surface area contributed by atoms with Gasteiger partial charge in [0.05, 0.1) is 32.9 Å². The first-order valence-corrected chi connectivity index (χ1v) is 11.8. The number of carbonyl (C=O) groups is 1. The van der Waals surface area contributed by atoms with Crippen LogP contribution in [0.3, 0.4) is 0 Å². The molecule has 4 rings (SSSR count). The monoisotopic (exact) mass is 550 g/mol. The molecule has 0 unspecified atom stereocenters. The van der Waals surface area contributed by atoms with Gasteiger partial charge in [-0.05, 0) is 65.7 Å². The molecule has 0 fully saturated rings. The number of phenols is 1. The van der Waals surface area contributed by atoms with Gasteiger partial charge < -0.3 is 9.84 Å². The van der Waals surface area contributed by atoms with Gasteiger partial charge in [0.2, 0.25) is 0 Å². The van der Waals surface area contributed by atoms with E-state index >= 15 is 0 Å². The molecule has 33 heavy (non-hydrogen) atoms. The standard InChI is InChI=1S/C23H17BrClFN2O4S/c1-3-32-22(31)18-11(2)27-23-28(19(18)12-4-6-15(26)7-5-12)21(30)17(33-23)9-13-8-14(25)10-16(24)20(13)29/h4-10,19,29H,3H2,1-2H3/b17-9-/t19-/m0/s1. The summed E-state index contributed by atoms with van der Waals surface area (Å²) in [6.07, 6.45) is 1.51. The molecule has 0 bridgehead atoms. The first-order valence-electron chi connectivity index (χ1n) is 9.84. The van der Waals surface area contributed by atoms with Crippen LogP contribution in [-0.2, 0) is 9.53 Å². The van der Waals surface area contributed by atoms with Gasteiger partial charge in [0.25, 0.3) is 5.56 Å². The van der Waals surface area contributed by atoms with Crippen molar-refractivity contribution < 1.29 is 19.0 Å². The van der Waals surface area contributed by atoms with Crippen LogP contribution in [0.25, 0.3) is 6.08 Å². The summed E-state index contributed by atoms with van der Waals surface area (Å²) in [6.45, 7) is 3.50. The Balaban J connectivity index is 1.98. The number of aromatic hydroxyl groups is 1. The Hall–Kier alpha value is -2.75. The lowest BCUT2D eigenvalue weighted by atomic mass is 9.96. The highest BCUT2D eigenvalue weighted by Gasteiger charge is 2.33. The number of thiazole rings is 1. The number of rotatable bonds is 4. The molecule has 0 saturated heterocycles. The van der Waals surface area contributed by atoms with Crippen molar-refractivity contribution in [1.82, 2.24) is 4.57 Å². The summed E-state index contributed by atoms with van der Waals surface area (Å²) in [6, 6.07) is 7.81. The van der Waals surface area contributed by atoms with Gasteiger partial charge in [0.1, 0.15) is 11.6 Å². The van der Waals surface area contributed by atoms with Crippen LogP contribution >= 0.6 is 38.9 Å². The second kappa shape index (κ2) is 9.24. The summed E-state index contributed by atoms with van der Waals surface area (Å²) in [7, 11) is 0. The zero-order valence-electron chi connectivity index (χ0n) is 17.4. The number of fused-ring (bicyclic) bond motifs is 1. The summed E-state index contributed by atoms with van der Waals surface area (Å²) >= 11 is 10.4. The number of esters is 1. The molecule has 0 aliphatic carbocycles. The second-order valence-electron chi connectivity index (χ2n) is 7.18. The molecular weight excluding hydrogens is 535 g/mol. The fourth-order valence-electron chi connectivity index (χ4n) is 3.59. The normalized spacial score (nSPS) is 15.9. The fourth-order valence-corrected chi connectivity index (χ4v) is 5.46. The first kappa shape index (κ1) is 23.4. The number of ether oxygens (including phenoxy) is 1. The molecule has 10 heteroatoms. The smallest absolute Gasteiger partial charge is 0.338 e. The van der Waals surface area contributed by atoms with Crippen molar-refractivity contribution >= 4 is 50.9 Å². The second-order valence-corrected chi connectivity index (χ2v) is 9.48. The Kier molecular flexibility index (Phi) is 6.56. The van der Waals surface area contributed by atoms with E-state index in [1.165, 1.54) is 41.0 Å². The van der Waals surface area contributed by atoms with E-state index in [1.54, 1.807) is 19.9 Å². The number of halogens is 3. The minimum atomic E-state index is -0.845. The number of allylic oxidation sites excluding steroid dienone is 1. The zero-order valence-corrected chi connectivity index (χ0v) is 20.6. The summed E-state index contributed by atoms with van der Waals surface area (Å²) in [5.74, 6) is -1.10. The molecule has 2 heterocycles. The maximum Gasteiger partial charge on any atom is 0.338 e. The lowest BCUT2D eigenvalue weighted by Gasteiger charge is -2.24. The van der Waals surface area contributed by atoms with Crippen molar-refractivity contribution in [1.29, 1.82) is 0 Å². The SMILES string of the molecule is CCOC(=O)C1=C(C)N=c2s/c(=C\c3cc(Cl)cc(Br)c3O)c(=O)n2[C@H]1c1ccc(F)cc1. The van der Waals surface area contributed by atoms with Crippen molar-refractivity contribution in [2.75, 3.05) is 6.61 Å². The van der Waals surface area contributed by atoms with Crippen LogP contribution in [0.5, 0.6) is 5.75 Å². The number of hydrogen-bond acceptors (Lipinski definition) is 6. The van der Waals surface area contributed by atoms with Crippen molar-refractivity contribution in [3.8, 4) is 5.75 Å². The van der Waals surface area contributed by atoms with E-state index in [2.05, 4.69) is 20.9 Å². The molecule has 1 aliphatic heterocycles. The summed E-state index contributed by atoms with van der Waals surface area (Å²) in [5.41, 5.74) is 1.08. The van der Waals surface area contributed by atoms with E-state index in [9.17, 15) is 19.1 Å². The number of phenolic OH excluding ortho intramolecular Hbond substituents is 1. The number of nitrogens with zero attached hydrogens (tertiary/aromatic N) is 2. The van der Waals surface area contributed by atoms with E-state index in [-0.39, 0.29) is 22.5 Å². The largest absolute Gasteiger partial charge is 0.506 e.